The lowest BCUT2D eigenvalue weighted by molar-refractivity contribution is 0.0702. The van der Waals surface area contributed by atoms with Gasteiger partial charge in [0.2, 0.25) is 10.0 Å². The summed E-state index contributed by atoms with van der Waals surface area (Å²) < 4.78 is 32.3. The van der Waals surface area contributed by atoms with Crippen LogP contribution in [0.3, 0.4) is 0 Å². The number of nitrogens with one attached hydrogen (secondary N) is 1. The van der Waals surface area contributed by atoms with Gasteiger partial charge in [-0.3, -0.25) is 0 Å². The lowest BCUT2D eigenvalue weighted by atomic mass is 10.0. The number of aryl methyl sites for hydroxylation is 1. The van der Waals surface area contributed by atoms with Gasteiger partial charge in [-0.15, -0.1) is 11.3 Å². The lowest BCUT2D eigenvalue weighted by Crippen LogP contribution is -2.31. The highest BCUT2D eigenvalue weighted by Gasteiger charge is 2.42. The highest BCUT2D eigenvalue weighted by atomic mass is 32.2. The van der Waals surface area contributed by atoms with Crippen molar-refractivity contribution in [2.45, 2.75) is 31.1 Å². The van der Waals surface area contributed by atoms with E-state index in [1.54, 1.807) is 14.0 Å². The summed E-state index contributed by atoms with van der Waals surface area (Å²) in [5.41, 5.74) is 0.00261. The first kappa shape index (κ1) is 16.4. The molecule has 0 saturated heterocycles. The van der Waals surface area contributed by atoms with E-state index in [2.05, 4.69) is 4.72 Å². The molecule has 8 heteroatoms. The van der Waals surface area contributed by atoms with Gasteiger partial charge in [-0.05, 0) is 37.7 Å². The van der Waals surface area contributed by atoms with Crippen LogP contribution in [0.25, 0.3) is 0 Å². The van der Waals surface area contributed by atoms with E-state index in [1.807, 2.05) is 0 Å². The second-order valence-corrected chi connectivity index (χ2v) is 8.40. The number of carboxylic acid groups (broad SMARTS) is 1. The van der Waals surface area contributed by atoms with Crippen molar-refractivity contribution >= 4 is 27.3 Å². The summed E-state index contributed by atoms with van der Waals surface area (Å²) in [5.74, 6) is -1.11. The van der Waals surface area contributed by atoms with Crippen LogP contribution in [0, 0.1) is 12.3 Å². The number of hydrogen-bond acceptors (Lipinski definition) is 5. The third-order valence-electron chi connectivity index (χ3n) is 3.80. The maximum atomic E-state index is 12.3. The van der Waals surface area contributed by atoms with Crippen LogP contribution in [0.5, 0.6) is 0 Å². The molecule has 1 aromatic rings. The molecular weight excluding hydrogens is 314 g/mol. The molecule has 6 nitrogen and oxygen atoms in total. The van der Waals surface area contributed by atoms with Crippen molar-refractivity contribution in [2.24, 2.45) is 5.41 Å². The first-order valence-electron chi connectivity index (χ1n) is 6.62. The van der Waals surface area contributed by atoms with Gasteiger partial charge in [0.1, 0.15) is 4.88 Å². The Bertz CT molecular complexity index is 631. The summed E-state index contributed by atoms with van der Waals surface area (Å²) in [5, 5.41) is 8.94. The molecule has 118 valence electrons. The molecule has 1 saturated carbocycles. The number of sulfonamides is 1. The smallest absolute Gasteiger partial charge is 0.345 e. The van der Waals surface area contributed by atoms with Gasteiger partial charge in [0.25, 0.3) is 0 Å². The molecule has 2 rings (SSSR count). The monoisotopic (exact) mass is 333 g/mol. The average Bonchev–Trinajstić information content (AvgIpc) is 3.08. The third kappa shape index (κ3) is 3.82. The molecule has 1 aliphatic rings. The molecule has 0 aromatic carbocycles. The standard InChI is InChI=1S/C13H19NO5S2/c1-9-11(7-10(20-9)12(15)16)21(17,18)14-8-13(3-4-13)5-6-19-2/h7,14H,3-6,8H2,1-2H3,(H,15,16). The zero-order valence-electron chi connectivity index (χ0n) is 12.0. The van der Waals surface area contributed by atoms with E-state index in [1.165, 1.54) is 6.07 Å². The molecule has 1 aromatic heterocycles. The molecule has 0 atom stereocenters. The van der Waals surface area contributed by atoms with Crippen LogP contribution in [-0.4, -0.2) is 39.8 Å². The zero-order chi connectivity index (χ0) is 15.7. The third-order valence-corrected chi connectivity index (χ3v) is 6.50. The SMILES string of the molecule is COCCC1(CNS(=O)(=O)c2cc(C(=O)O)sc2C)CC1. The Labute approximate surface area is 128 Å². The minimum atomic E-state index is -3.67. The first-order valence-corrected chi connectivity index (χ1v) is 8.92. The summed E-state index contributed by atoms with van der Waals surface area (Å²) >= 11 is 0.973. The second-order valence-electron chi connectivity index (χ2n) is 5.40. The maximum absolute atomic E-state index is 12.3. The maximum Gasteiger partial charge on any atom is 0.345 e. The van der Waals surface area contributed by atoms with E-state index in [4.69, 9.17) is 9.84 Å². The quantitative estimate of drug-likeness (QED) is 0.757. The summed E-state index contributed by atoms with van der Waals surface area (Å²) in [6, 6.07) is 1.22. The van der Waals surface area contributed by atoms with Crippen LogP contribution < -0.4 is 4.72 Å². The van der Waals surface area contributed by atoms with Gasteiger partial charge in [-0.25, -0.2) is 17.9 Å². The number of aromatic carboxylic acids is 1. The Morgan fingerprint density at radius 2 is 2.19 bits per heavy atom. The van der Waals surface area contributed by atoms with Crippen molar-refractivity contribution in [2.75, 3.05) is 20.3 Å². The van der Waals surface area contributed by atoms with Crippen molar-refractivity contribution in [3.05, 3.63) is 15.8 Å². The van der Waals surface area contributed by atoms with Crippen LogP contribution >= 0.6 is 11.3 Å². The predicted octanol–water partition coefficient (Wildman–Crippen LogP) is 1.85. The molecule has 21 heavy (non-hydrogen) atoms. The van der Waals surface area contributed by atoms with E-state index >= 15 is 0 Å². The van der Waals surface area contributed by atoms with Crippen LogP contribution in [0.4, 0.5) is 0 Å². The minimum absolute atomic E-state index is 0.00261. The number of thiophene rings is 1. The summed E-state index contributed by atoms with van der Waals surface area (Å²) in [6.45, 7) is 2.60. The minimum Gasteiger partial charge on any atom is -0.477 e. The van der Waals surface area contributed by atoms with Crippen molar-refractivity contribution < 1.29 is 23.1 Å². The Morgan fingerprint density at radius 3 is 2.67 bits per heavy atom. The van der Waals surface area contributed by atoms with Gasteiger partial charge >= 0.3 is 5.97 Å². The predicted molar refractivity (Wildman–Crippen MR) is 79.4 cm³/mol. The molecule has 0 radical (unpaired) electrons. The van der Waals surface area contributed by atoms with Gasteiger partial charge in [-0.1, -0.05) is 0 Å². The van der Waals surface area contributed by atoms with Crippen LogP contribution in [0.1, 0.15) is 33.8 Å². The molecule has 0 bridgehead atoms. The molecule has 0 aliphatic heterocycles. The Hall–Kier alpha value is -0.960. The number of carboxylic acids is 1. The summed E-state index contributed by atoms with van der Waals surface area (Å²) in [6.07, 6.45) is 2.80. The number of hydrogen-bond donors (Lipinski definition) is 2. The Balaban J connectivity index is 2.07. The largest absolute Gasteiger partial charge is 0.477 e. The van der Waals surface area contributed by atoms with Crippen LogP contribution in [0.2, 0.25) is 0 Å². The number of methoxy groups -OCH3 is 1. The first-order chi connectivity index (χ1) is 9.80. The fourth-order valence-electron chi connectivity index (χ4n) is 2.17. The fraction of sp³-hybridized carbons (Fsp3) is 0.615. The van der Waals surface area contributed by atoms with E-state index in [0.717, 1.165) is 30.6 Å². The summed E-state index contributed by atoms with van der Waals surface area (Å²) in [7, 11) is -2.04. The Kier molecular flexibility index (Phi) is 4.72. The molecule has 0 spiro atoms. The normalized spacial score (nSPS) is 16.9. The van der Waals surface area contributed by atoms with Crippen molar-refractivity contribution in [1.82, 2.24) is 4.72 Å². The number of ether oxygens (including phenoxy) is 1. The van der Waals surface area contributed by atoms with Crippen LogP contribution in [-0.2, 0) is 14.8 Å². The molecule has 0 unspecified atom stereocenters. The van der Waals surface area contributed by atoms with Gasteiger partial charge in [-0.2, -0.15) is 0 Å². The second kappa shape index (κ2) is 6.04. The van der Waals surface area contributed by atoms with Gasteiger partial charge in [0, 0.05) is 25.1 Å². The van der Waals surface area contributed by atoms with Crippen LogP contribution in [0.15, 0.2) is 11.0 Å². The van der Waals surface area contributed by atoms with Crippen molar-refractivity contribution in [1.29, 1.82) is 0 Å². The fourth-order valence-corrected chi connectivity index (χ4v) is 4.76. The highest BCUT2D eigenvalue weighted by Crippen LogP contribution is 2.48. The lowest BCUT2D eigenvalue weighted by Gasteiger charge is -2.15. The molecule has 2 N–H and O–H groups in total. The van der Waals surface area contributed by atoms with E-state index in [9.17, 15) is 13.2 Å². The molecule has 0 amide bonds. The number of carbonyl (C=O) groups is 1. The molecule has 1 fully saturated rings. The van der Waals surface area contributed by atoms with Crippen molar-refractivity contribution in [3.63, 3.8) is 0 Å². The van der Waals surface area contributed by atoms with E-state index in [-0.39, 0.29) is 15.2 Å². The van der Waals surface area contributed by atoms with Gasteiger partial charge < -0.3 is 9.84 Å². The number of rotatable bonds is 8. The van der Waals surface area contributed by atoms with E-state index < -0.39 is 16.0 Å². The molecule has 1 aliphatic carbocycles. The van der Waals surface area contributed by atoms with E-state index in [0.29, 0.717) is 18.0 Å². The average molecular weight is 333 g/mol. The summed E-state index contributed by atoms with van der Waals surface area (Å²) in [4.78, 5) is 11.5. The molecule has 1 heterocycles. The topological polar surface area (TPSA) is 92.7 Å². The van der Waals surface area contributed by atoms with Crippen molar-refractivity contribution in [3.8, 4) is 0 Å². The van der Waals surface area contributed by atoms with Gasteiger partial charge in [0.05, 0.1) is 4.90 Å². The molecular formula is C13H19NO5S2. The van der Waals surface area contributed by atoms with Gasteiger partial charge in [0.15, 0.2) is 0 Å². The Morgan fingerprint density at radius 1 is 1.52 bits per heavy atom. The zero-order valence-corrected chi connectivity index (χ0v) is 13.6. The highest BCUT2D eigenvalue weighted by molar-refractivity contribution is 7.89.